The summed E-state index contributed by atoms with van der Waals surface area (Å²) in [5, 5.41) is 11.1. The Bertz CT molecular complexity index is 644. The zero-order valence-corrected chi connectivity index (χ0v) is 13.8. The molecule has 2 aromatic rings. The van der Waals surface area contributed by atoms with Gasteiger partial charge in [0.2, 0.25) is 0 Å². The number of nitrogens with zero attached hydrogens (tertiary/aromatic N) is 1. The maximum atomic E-state index is 11.1. The fourth-order valence-corrected chi connectivity index (χ4v) is 4.31. The number of aliphatic carboxylic acids is 1. The third kappa shape index (κ3) is 3.51. The number of hydrogen-bond acceptors (Lipinski definition) is 3. The third-order valence-electron chi connectivity index (χ3n) is 3.82. The van der Waals surface area contributed by atoms with Gasteiger partial charge in [-0.2, -0.15) is 0 Å². The zero-order chi connectivity index (χ0) is 14.1. The molecule has 114 valence electrons. The summed E-state index contributed by atoms with van der Waals surface area (Å²) >= 11 is 8.15. The zero-order valence-electron chi connectivity index (χ0n) is 11.4. The minimum Gasteiger partial charge on any atom is -0.481 e. The van der Waals surface area contributed by atoms with E-state index in [2.05, 4.69) is 11.0 Å². The molecule has 21 heavy (non-hydrogen) atoms. The van der Waals surface area contributed by atoms with E-state index in [1.165, 1.54) is 4.70 Å². The van der Waals surface area contributed by atoms with Crippen molar-refractivity contribution in [1.82, 2.24) is 4.90 Å². The summed E-state index contributed by atoms with van der Waals surface area (Å²) in [4.78, 5) is 14.5. The Morgan fingerprint density at radius 3 is 2.90 bits per heavy atom. The molecule has 1 aromatic heterocycles. The summed E-state index contributed by atoms with van der Waals surface area (Å²) in [5.74, 6) is -0.922. The number of carboxylic acids is 1. The van der Waals surface area contributed by atoms with Crippen LogP contribution in [0.4, 0.5) is 0 Å². The molecule has 1 fully saturated rings. The largest absolute Gasteiger partial charge is 0.481 e. The van der Waals surface area contributed by atoms with Gasteiger partial charge in [0, 0.05) is 28.1 Å². The van der Waals surface area contributed by atoms with Crippen LogP contribution in [0.1, 0.15) is 17.7 Å². The second-order valence-electron chi connectivity index (χ2n) is 5.25. The van der Waals surface area contributed by atoms with Crippen LogP contribution in [0.3, 0.4) is 0 Å². The van der Waals surface area contributed by atoms with Gasteiger partial charge in [0.05, 0.1) is 10.9 Å². The van der Waals surface area contributed by atoms with Crippen molar-refractivity contribution in [3.8, 4) is 0 Å². The highest BCUT2D eigenvalue weighted by Crippen LogP contribution is 2.36. The minimum absolute atomic E-state index is 0. The van der Waals surface area contributed by atoms with E-state index in [0.717, 1.165) is 41.2 Å². The Labute approximate surface area is 138 Å². The van der Waals surface area contributed by atoms with E-state index >= 15 is 0 Å². The number of thiophene rings is 1. The Morgan fingerprint density at radius 2 is 2.19 bits per heavy atom. The number of piperidine rings is 1. The van der Waals surface area contributed by atoms with E-state index in [1.54, 1.807) is 11.3 Å². The monoisotopic (exact) mass is 345 g/mol. The third-order valence-corrected chi connectivity index (χ3v) is 5.52. The maximum Gasteiger partial charge on any atom is 0.307 e. The van der Waals surface area contributed by atoms with Gasteiger partial charge in [0.15, 0.2) is 0 Å². The van der Waals surface area contributed by atoms with Gasteiger partial charge in [-0.1, -0.05) is 29.8 Å². The highest BCUT2D eigenvalue weighted by molar-refractivity contribution is 7.19. The Morgan fingerprint density at radius 1 is 1.43 bits per heavy atom. The predicted molar refractivity (Wildman–Crippen MR) is 89.7 cm³/mol. The van der Waals surface area contributed by atoms with Crippen LogP contribution in [-0.4, -0.2) is 29.1 Å². The smallest absolute Gasteiger partial charge is 0.307 e. The summed E-state index contributed by atoms with van der Waals surface area (Å²) in [6, 6.07) is 8.12. The Kier molecular flexibility index (Phi) is 5.49. The summed E-state index contributed by atoms with van der Waals surface area (Å²) in [7, 11) is 0. The van der Waals surface area contributed by atoms with Crippen LogP contribution in [0.5, 0.6) is 0 Å². The second kappa shape index (κ2) is 6.97. The first-order valence-electron chi connectivity index (χ1n) is 6.76. The van der Waals surface area contributed by atoms with Crippen LogP contribution in [0.15, 0.2) is 24.3 Å². The highest BCUT2D eigenvalue weighted by atomic mass is 35.5. The van der Waals surface area contributed by atoms with E-state index in [1.807, 2.05) is 18.2 Å². The van der Waals surface area contributed by atoms with Crippen molar-refractivity contribution < 1.29 is 9.90 Å². The van der Waals surface area contributed by atoms with Gasteiger partial charge in [-0.15, -0.1) is 23.7 Å². The number of benzene rings is 1. The van der Waals surface area contributed by atoms with Crippen LogP contribution in [-0.2, 0) is 11.3 Å². The normalized spacial score (nSPS) is 19.4. The van der Waals surface area contributed by atoms with Gasteiger partial charge in [-0.25, -0.2) is 0 Å². The molecule has 0 amide bonds. The predicted octanol–water partition coefficient (Wildman–Crippen LogP) is 4.27. The van der Waals surface area contributed by atoms with Crippen molar-refractivity contribution in [3.05, 3.63) is 34.2 Å². The standard InChI is InChI=1S/C15H16ClNO2S.ClH/c16-14-11-5-1-2-6-12(11)20-13(14)9-17-7-3-4-10(8-17)15(18)19;/h1-2,5-6,10H,3-4,7-9H2,(H,18,19);1H. The molecule has 0 bridgehead atoms. The maximum absolute atomic E-state index is 11.1. The molecule has 1 aliphatic rings. The molecule has 1 aromatic carbocycles. The van der Waals surface area contributed by atoms with Crippen molar-refractivity contribution >= 4 is 51.4 Å². The fourth-order valence-electron chi connectivity index (χ4n) is 2.77. The molecule has 1 atom stereocenters. The molecule has 1 N–H and O–H groups in total. The van der Waals surface area contributed by atoms with Gasteiger partial charge in [0.1, 0.15) is 0 Å². The average molecular weight is 346 g/mol. The molecular formula is C15H17Cl2NO2S. The Balaban J connectivity index is 0.00000161. The van der Waals surface area contributed by atoms with Gasteiger partial charge < -0.3 is 5.11 Å². The van der Waals surface area contributed by atoms with E-state index in [0.29, 0.717) is 6.54 Å². The van der Waals surface area contributed by atoms with Crippen molar-refractivity contribution in [2.75, 3.05) is 13.1 Å². The number of fused-ring (bicyclic) bond motifs is 1. The summed E-state index contributed by atoms with van der Waals surface area (Å²) < 4.78 is 1.19. The van der Waals surface area contributed by atoms with Crippen molar-refractivity contribution in [2.24, 2.45) is 5.92 Å². The van der Waals surface area contributed by atoms with Crippen molar-refractivity contribution in [1.29, 1.82) is 0 Å². The topological polar surface area (TPSA) is 40.5 Å². The molecule has 3 nitrogen and oxygen atoms in total. The second-order valence-corrected chi connectivity index (χ2v) is 6.76. The van der Waals surface area contributed by atoms with Crippen molar-refractivity contribution in [3.63, 3.8) is 0 Å². The number of carboxylic acid groups (broad SMARTS) is 1. The van der Waals surface area contributed by atoms with Crippen LogP contribution in [0.2, 0.25) is 5.02 Å². The summed E-state index contributed by atoms with van der Waals surface area (Å²) in [5.41, 5.74) is 0. The van der Waals surface area contributed by atoms with Crippen LogP contribution in [0.25, 0.3) is 10.1 Å². The first-order chi connectivity index (χ1) is 9.65. The first kappa shape index (κ1) is 16.6. The van der Waals surface area contributed by atoms with Crippen LogP contribution in [0, 0.1) is 5.92 Å². The fraction of sp³-hybridized carbons (Fsp3) is 0.400. The molecule has 1 saturated heterocycles. The van der Waals surface area contributed by atoms with E-state index < -0.39 is 5.97 Å². The van der Waals surface area contributed by atoms with Gasteiger partial charge in [0.25, 0.3) is 0 Å². The lowest BCUT2D eigenvalue weighted by molar-refractivity contribution is -0.143. The number of halogens is 2. The molecule has 3 rings (SSSR count). The van der Waals surface area contributed by atoms with Gasteiger partial charge >= 0.3 is 5.97 Å². The lowest BCUT2D eigenvalue weighted by Gasteiger charge is -2.30. The molecule has 0 aliphatic carbocycles. The summed E-state index contributed by atoms with van der Waals surface area (Å²) in [6.45, 7) is 2.33. The molecule has 0 saturated carbocycles. The van der Waals surface area contributed by atoms with Gasteiger partial charge in [-0.3, -0.25) is 9.69 Å². The molecule has 0 spiro atoms. The quantitative estimate of drug-likeness (QED) is 0.902. The molecule has 2 heterocycles. The molecular weight excluding hydrogens is 329 g/mol. The van der Waals surface area contributed by atoms with Crippen LogP contribution < -0.4 is 0 Å². The lowest BCUT2D eigenvalue weighted by Crippen LogP contribution is -2.38. The summed E-state index contributed by atoms with van der Waals surface area (Å²) in [6.07, 6.45) is 1.73. The number of rotatable bonds is 3. The van der Waals surface area contributed by atoms with Crippen LogP contribution >= 0.6 is 35.3 Å². The minimum atomic E-state index is -0.683. The lowest BCUT2D eigenvalue weighted by atomic mass is 9.98. The highest BCUT2D eigenvalue weighted by Gasteiger charge is 2.26. The Hall–Kier alpha value is -0.810. The van der Waals surface area contributed by atoms with E-state index in [9.17, 15) is 4.79 Å². The van der Waals surface area contributed by atoms with Gasteiger partial charge in [-0.05, 0) is 25.5 Å². The first-order valence-corrected chi connectivity index (χ1v) is 7.95. The molecule has 1 unspecified atom stereocenters. The van der Waals surface area contributed by atoms with Crippen molar-refractivity contribution in [2.45, 2.75) is 19.4 Å². The van der Waals surface area contributed by atoms with E-state index in [4.69, 9.17) is 16.7 Å². The average Bonchev–Trinajstić information content (AvgIpc) is 2.76. The number of likely N-dealkylation sites (tertiary alicyclic amines) is 1. The molecule has 1 aliphatic heterocycles. The molecule has 0 radical (unpaired) electrons. The SMILES string of the molecule is Cl.O=C(O)C1CCCN(Cc2sc3ccccc3c2Cl)C1. The van der Waals surface area contributed by atoms with E-state index in [-0.39, 0.29) is 18.3 Å². The molecule has 6 heteroatoms. The number of hydrogen-bond donors (Lipinski definition) is 1. The number of carbonyl (C=O) groups is 1.